The first-order valence-electron chi connectivity index (χ1n) is 4.58. The first-order chi connectivity index (χ1) is 7.70. The zero-order valence-corrected chi connectivity index (χ0v) is 10.5. The molecule has 0 aliphatic carbocycles. The highest BCUT2D eigenvalue weighted by Gasteiger charge is 2.07. The van der Waals surface area contributed by atoms with Crippen LogP contribution in [0.25, 0.3) is 0 Å². The van der Waals surface area contributed by atoms with Crippen LogP contribution in [0.4, 0.5) is 0 Å². The second-order valence-corrected chi connectivity index (χ2v) is 4.32. The molecule has 84 valence electrons. The maximum Gasteiger partial charge on any atom is 0.0974 e. The predicted molar refractivity (Wildman–Crippen MR) is 65.1 cm³/mol. The largest absolute Gasteiger partial charge is 0.248 e. The summed E-state index contributed by atoms with van der Waals surface area (Å²) in [7, 11) is 0. The van der Waals surface area contributed by atoms with E-state index in [2.05, 4.69) is 10.3 Å². The van der Waals surface area contributed by atoms with Gasteiger partial charge in [0.15, 0.2) is 0 Å². The standard InChI is InChI=1S/C10H8Cl3N3/c11-4-7-5-16(15-14-7)6-8-9(12)2-1-3-10(8)13/h1-3,5H,4,6H2. The van der Waals surface area contributed by atoms with Gasteiger partial charge in [-0.2, -0.15) is 0 Å². The molecule has 6 heteroatoms. The van der Waals surface area contributed by atoms with E-state index < -0.39 is 0 Å². The smallest absolute Gasteiger partial charge is 0.0974 e. The Kier molecular flexibility index (Phi) is 3.69. The van der Waals surface area contributed by atoms with Crippen molar-refractivity contribution in [2.45, 2.75) is 12.4 Å². The average molecular weight is 277 g/mol. The molecule has 3 nitrogen and oxygen atoms in total. The van der Waals surface area contributed by atoms with Crippen LogP contribution in [0.15, 0.2) is 24.4 Å². The molecule has 0 radical (unpaired) electrons. The Bertz CT molecular complexity index is 476. The third-order valence-corrected chi connectivity index (χ3v) is 3.09. The Balaban J connectivity index is 2.26. The highest BCUT2D eigenvalue weighted by Crippen LogP contribution is 2.24. The second kappa shape index (κ2) is 5.04. The Hall–Kier alpha value is -0.770. The van der Waals surface area contributed by atoms with Crippen molar-refractivity contribution in [3.05, 3.63) is 45.7 Å². The molecule has 1 aromatic heterocycles. The zero-order valence-electron chi connectivity index (χ0n) is 8.20. The molecule has 0 saturated heterocycles. The van der Waals surface area contributed by atoms with Crippen molar-refractivity contribution in [1.82, 2.24) is 15.0 Å². The monoisotopic (exact) mass is 275 g/mol. The Labute approximate surface area is 108 Å². The number of hydrogen-bond acceptors (Lipinski definition) is 2. The molecule has 0 unspecified atom stereocenters. The average Bonchev–Trinajstić information content (AvgIpc) is 2.71. The van der Waals surface area contributed by atoms with Crippen molar-refractivity contribution in [1.29, 1.82) is 0 Å². The fourth-order valence-electron chi connectivity index (χ4n) is 1.32. The molecule has 1 aromatic carbocycles. The lowest BCUT2D eigenvalue weighted by atomic mass is 10.2. The van der Waals surface area contributed by atoms with Crippen LogP contribution in [0.1, 0.15) is 11.3 Å². The lowest BCUT2D eigenvalue weighted by Gasteiger charge is -2.05. The molecule has 2 rings (SSSR count). The van der Waals surface area contributed by atoms with E-state index in [1.54, 1.807) is 29.1 Å². The van der Waals surface area contributed by atoms with Gasteiger partial charge in [0.1, 0.15) is 0 Å². The van der Waals surface area contributed by atoms with Gasteiger partial charge in [0.25, 0.3) is 0 Å². The number of nitrogens with zero attached hydrogens (tertiary/aromatic N) is 3. The van der Waals surface area contributed by atoms with Gasteiger partial charge in [0.2, 0.25) is 0 Å². The molecule has 0 aliphatic heterocycles. The molecule has 0 fully saturated rings. The molecule has 1 heterocycles. The minimum atomic E-state index is 0.344. The van der Waals surface area contributed by atoms with Crippen LogP contribution >= 0.6 is 34.8 Å². The van der Waals surface area contributed by atoms with Gasteiger partial charge in [-0.25, -0.2) is 4.68 Å². The molecule has 0 bridgehead atoms. The van der Waals surface area contributed by atoms with Crippen LogP contribution in [0.5, 0.6) is 0 Å². The van der Waals surface area contributed by atoms with Gasteiger partial charge >= 0.3 is 0 Å². The molecule has 0 saturated carbocycles. The van der Waals surface area contributed by atoms with Crippen molar-refractivity contribution >= 4 is 34.8 Å². The van der Waals surface area contributed by atoms with Crippen molar-refractivity contribution < 1.29 is 0 Å². The number of halogens is 3. The molecular weight excluding hydrogens is 268 g/mol. The molecule has 0 amide bonds. The predicted octanol–water partition coefficient (Wildman–Crippen LogP) is 3.37. The van der Waals surface area contributed by atoms with Gasteiger partial charge in [-0.15, -0.1) is 16.7 Å². The lowest BCUT2D eigenvalue weighted by molar-refractivity contribution is 0.649. The summed E-state index contributed by atoms with van der Waals surface area (Å²) in [6.07, 6.45) is 1.77. The van der Waals surface area contributed by atoms with Crippen LogP contribution < -0.4 is 0 Å². The quantitative estimate of drug-likeness (QED) is 0.805. The molecule has 16 heavy (non-hydrogen) atoms. The van der Waals surface area contributed by atoms with E-state index in [0.29, 0.717) is 22.5 Å². The minimum absolute atomic E-state index is 0.344. The maximum absolute atomic E-state index is 6.05. The van der Waals surface area contributed by atoms with Crippen LogP contribution in [0.3, 0.4) is 0 Å². The van der Waals surface area contributed by atoms with E-state index in [-0.39, 0.29) is 0 Å². The van der Waals surface area contributed by atoms with Crippen LogP contribution in [0.2, 0.25) is 10.0 Å². The second-order valence-electron chi connectivity index (χ2n) is 3.24. The summed E-state index contributed by atoms with van der Waals surface area (Å²) in [6.45, 7) is 0.488. The third kappa shape index (κ3) is 2.48. The van der Waals surface area contributed by atoms with Gasteiger partial charge in [-0.3, -0.25) is 0 Å². The van der Waals surface area contributed by atoms with E-state index in [1.165, 1.54) is 0 Å². The van der Waals surface area contributed by atoms with Crippen molar-refractivity contribution in [2.75, 3.05) is 0 Å². The Morgan fingerprint density at radius 3 is 2.44 bits per heavy atom. The summed E-state index contributed by atoms with van der Waals surface area (Å²) in [6, 6.07) is 5.39. The molecule has 0 aliphatic rings. The summed E-state index contributed by atoms with van der Waals surface area (Å²) in [5.41, 5.74) is 1.56. The van der Waals surface area contributed by atoms with Gasteiger partial charge in [0.05, 0.1) is 24.3 Å². The summed E-state index contributed by atoms with van der Waals surface area (Å²) < 4.78 is 1.66. The zero-order chi connectivity index (χ0) is 11.5. The number of aromatic nitrogens is 3. The summed E-state index contributed by atoms with van der Waals surface area (Å²) in [4.78, 5) is 0. The van der Waals surface area contributed by atoms with Crippen LogP contribution in [-0.2, 0) is 12.4 Å². The van der Waals surface area contributed by atoms with Crippen LogP contribution in [-0.4, -0.2) is 15.0 Å². The topological polar surface area (TPSA) is 30.7 Å². The highest BCUT2D eigenvalue weighted by atomic mass is 35.5. The van der Waals surface area contributed by atoms with Gasteiger partial charge in [-0.05, 0) is 12.1 Å². The first kappa shape index (κ1) is 11.7. The van der Waals surface area contributed by atoms with E-state index in [0.717, 1.165) is 11.3 Å². The minimum Gasteiger partial charge on any atom is -0.248 e. The maximum atomic E-state index is 6.05. The SMILES string of the molecule is ClCc1cn(Cc2c(Cl)cccc2Cl)nn1. The highest BCUT2D eigenvalue weighted by molar-refractivity contribution is 6.35. The van der Waals surface area contributed by atoms with Gasteiger partial charge < -0.3 is 0 Å². The Morgan fingerprint density at radius 1 is 1.19 bits per heavy atom. The van der Waals surface area contributed by atoms with Crippen molar-refractivity contribution in [3.8, 4) is 0 Å². The third-order valence-electron chi connectivity index (χ3n) is 2.10. The summed E-state index contributed by atoms with van der Waals surface area (Å²) in [5.74, 6) is 0.344. The van der Waals surface area contributed by atoms with Gasteiger partial charge in [0, 0.05) is 15.6 Å². The summed E-state index contributed by atoms with van der Waals surface area (Å²) >= 11 is 17.7. The van der Waals surface area contributed by atoms with E-state index >= 15 is 0 Å². The van der Waals surface area contributed by atoms with Crippen molar-refractivity contribution in [2.24, 2.45) is 0 Å². The molecule has 0 atom stereocenters. The molecular formula is C10H8Cl3N3. The fraction of sp³-hybridized carbons (Fsp3) is 0.200. The number of hydrogen-bond donors (Lipinski definition) is 0. The van der Waals surface area contributed by atoms with Crippen molar-refractivity contribution in [3.63, 3.8) is 0 Å². The van der Waals surface area contributed by atoms with E-state index in [4.69, 9.17) is 34.8 Å². The van der Waals surface area contributed by atoms with Crippen LogP contribution in [0, 0.1) is 0 Å². The number of alkyl halides is 1. The Morgan fingerprint density at radius 2 is 1.88 bits per heavy atom. The normalized spacial score (nSPS) is 10.7. The number of rotatable bonds is 3. The molecule has 0 spiro atoms. The summed E-state index contributed by atoms with van der Waals surface area (Å²) in [5, 5.41) is 9.06. The van der Waals surface area contributed by atoms with E-state index in [1.807, 2.05) is 0 Å². The number of benzene rings is 1. The lowest BCUT2D eigenvalue weighted by Crippen LogP contribution is -2.01. The van der Waals surface area contributed by atoms with Gasteiger partial charge in [-0.1, -0.05) is 34.5 Å². The first-order valence-corrected chi connectivity index (χ1v) is 5.87. The fourth-order valence-corrected chi connectivity index (χ4v) is 1.96. The molecule has 0 N–H and O–H groups in total. The molecule has 2 aromatic rings. The van der Waals surface area contributed by atoms with E-state index in [9.17, 15) is 0 Å².